The topological polar surface area (TPSA) is 136 Å². The van der Waals surface area contributed by atoms with Crippen LogP contribution in [0.1, 0.15) is 80.6 Å². The van der Waals surface area contributed by atoms with Crippen molar-refractivity contribution in [1.29, 1.82) is 0 Å². The van der Waals surface area contributed by atoms with E-state index in [1.807, 2.05) is 6.07 Å². The van der Waals surface area contributed by atoms with Crippen LogP contribution >= 0.6 is 0 Å². The van der Waals surface area contributed by atoms with E-state index in [-0.39, 0.29) is 22.8 Å². The number of carbonyl (C=O) groups is 2. The lowest BCUT2D eigenvalue weighted by molar-refractivity contribution is -0.143. The standard InChI is InChI=1S/C25H39N3O5/c1-3-16(4-2)14-28(24(33)21(30)15-29)11-10-25-9-8-18(27-25)12-17(13-25)19-6-5-7-20(22(19)31)23(26)32/h5-7,16-18,21,27,29-31H,3-4,8-15H2,1-2H3,(H2,26,32)/t17?,18?,21-,25+/m0/s1. The van der Waals surface area contributed by atoms with Crippen LogP contribution in [0.3, 0.4) is 0 Å². The number of aliphatic hydroxyl groups is 2. The summed E-state index contributed by atoms with van der Waals surface area (Å²) in [5, 5.41) is 33.7. The van der Waals surface area contributed by atoms with Gasteiger partial charge in [-0.2, -0.15) is 0 Å². The van der Waals surface area contributed by atoms with Gasteiger partial charge in [-0.15, -0.1) is 0 Å². The summed E-state index contributed by atoms with van der Waals surface area (Å²) >= 11 is 0. The van der Waals surface area contributed by atoms with Crippen molar-refractivity contribution in [2.75, 3.05) is 19.7 Å². The van der Waals surface area contributed by atoms with Crippen molar-refractivity contribution in [3.8, 4) is 5.75 Å². The molecule has 1 aromatic carbocycles. The molecule has 6 N–H and O–H groups in total. The highest BCUT2D eigenvalue weighted by Crippen LogP contribution is 2.47. The minimum absolute atomic E-state index is 0.0249. The van der Waals surface area contributed by atoms with E-state index in [0.29, 0.717) is 25.0 Å². The molecule has 0 saturated carbocycles. The van der Waals surface area contributed by atoms with E-state index in [0.717, 1.165) is 50.5 Å². The van der Waals surface area contributed by atoms with Gasteiger partial charge in [0.1, 0.15) is 5.75 Å². The number of aromatic hydroxyl groups is 1. The van der Waals surface area contributed by atoms with E-state index in [9.17, 15) is 24.9 Å². The molecule has 2 unspecified atom stereocenters. The molecule has 8 nitrogen and oxygen atoms in total. The Kier molecular flexibility index (Phi) is 8.37. The lowest BCUT2D eigenvalue weighted by atomic mass is 9.77. The molecule has 0 aromatic heterocycles. The number of aliphatic hydroxyl groups excluding tert-OH is 2. The summed E-state index contributed by atoms with van der Waals surface area (Å²) < 4.78 is 0. The number of phenols is 1. The zero-order valence-electron chi connectivity index (χ0n) is 19.8. The summed E-state index contributed by atoms with van der Waals surface area (Å²) in [6, 6.07) is 5.48. The first-order valence-corrected chi connectivity index (χ1v) is 12.2. The van der Waals surface area contributed by atoms with Gasteiger partial charge in [0, 0.05) is 24.7 Å². The van der Waals surface area contributed by atoms with Gasteiger partial charge in [0.15, 0.2) is 6.10 Å². The van der Waals surface area contributed by atoms with Gasteiger partial charge in [-0.3, -0.25) is 9.59 Å². The average Bonchev–Trinajstić information content (AvgIpc) is 3.12. The van der Waals surface area contributed by atoms with E-state index < -0.39 is 24.5 Å². The molecule has 184 valence electrons. The van der Waals surface area contributed by atoms with Crippen LogP contribution in [0.15, 0.2) is 18.2 Å². The molecule has 2 saturated heterocycles. The van der Waals surface area contributed by atoms with E-state index in [4.69, 9.17) is 5.73 Å². The van der Waals surface area contributed by atoms with Crippen LogP contribution in [0.4, 0.5) is 0 Å². The minimum atomic E-state index is -1.39. The number of nitrogens with zero attached hydrogens (tertiary/aromatic N) is 1. The van der Waals surface area contributed by atoms with Crippen LogP contribution in [0, 0.1) is 5.92 Å². The Balaban J connectivity index is 1.77. The van der Waals surface area contributed by atoms with E-state index in [1.54, 1.807) is 17.0 Å². The lowest BCUT2D eigenvalue weighted by Crippen LogP contribution is -2.52. The number of nitrogens with two attached hydrogens (primary N) is 1. The molecule has 0 aliphatic carbocycles. The Hall–Kier alpha value is -2.16. The first-order valence-electron chi connectivity index (χ1n) is 12.2. The van der Waals surface area contributed by atoms with Gasteiger partial charge in [-0.25, -0.2) is 0 Å². The second-order valence-corrected chi connectivity index (χ2v) is 9.82. The highest BCUT2D eigenvalue weighted by Gasteiger charge is 2.46. The first-order chi connectivity index (χ1) is 15.7. The Morgan fingerprint density at radius 1 is 1.30 bits per heavy atom. The van der Waals surface area contributed by atoms with Crippen molar-refractivity contribution in [2.45, 2.75) is 82.4 Å². The van der Waals surface area contributed by atoms with Gasteiger partial charge in [0.25, 0.3) is 11.8 Å². The Morgan fingerprint density at radius 2 is 2.03 bits per heavy atom. The number of carbonyl (C=O) groups excluding carboxylic acids is 2. The van der Waals surface area contributed by atoms with Gasteiger partial charge in [0.2, 0.25) is 0 Å². The SMILES string of the molecule is CCC(CC)CN(CC[C@]12CCC(CC(c3cccc(C(N)=O)c3O)C1)N2)C(=O)[C@@H](O)CO. The lowest BCUT2D eigenvalue weighted by Gasteiger charge is -2.41. The molecular weight excluding hydrogens is 422 g/mol. The maximum Gasteiger partial charge on any atom is 0.253 e. The summed E-state index contributed by atoms with van der Waals surface area (Å²) in [6.45, 7) is 4.67. The largest absolute Gasteiger partial charge is 0.507 e. The van der Waals surface area contributed by atoms with Gasteiger partial charge in [-0.05, 0) is 55.6 Å². The van der Waals surface area contributed by atoms with E-state index in [2.05, 4.69) is 19.2 Å². The molecule has 2 bridgehead atoms. The van der Waals surface area contributed by atoms with Crippen molar-refractivity contribution in [1.82, 2.24) is 10.2 Å². The molecule has 8 heteroatoms. The molecular formula is C25H39N3O5. The maximum absolute atomic E-state index is 12.8. The zero-order valence-corrected chi connectivity index (χ0v) is 19.8. The number of para-hydroxylation sites is 1. The van der Waals surface area contributed by atoms with Gasteiger partial charge >= 0.3 is 0 Å². The van der Waals surface area contributed by atoms with Crippen LogP contribution in [0.5, 0.6) is 5.75 Å². The number of rotatable bonds is 11. The highest BCUT2D eigenvalue weighted by atomic mass is 16.3. The molecule has 3 rings (SSSR count). The highest BCUT2D eigenvalue weighted by molar-refractivity contribution is 5.96. The van der Waals surface area contributed by atoms with E-state index in [1.165, 1.54) is 0 Å². The molecule has 1 aromatic rings. The predicted molar refractivity (Wildman–Crippen MR) is 126 cm³/mol. The number of amides is 2. The Bertz CT molecular complexity index is 843. The van der Waals surface area contributed by atoms with Crippen molar-refractivity contribution in [3.63, 3.8) is 0 Å². The summed E-state index contributed by atoms with van der Waals surface area (Å²) in [5.74, 6) is -0.657. The number of hydrogen-bond acceptors (Lipinski definition) is 6. The Labute approximate surface area is 196 Å². The van der Waals surface area contributed by atoms with E-state index >= 15 is 0 Å². The fourth-order valence-electron chi connectivity index (χ4n) is 5.68. The molecule has 2 fully saturated rings. The van der Waals surface area contributed by atoms with Gasteiger partial charge < -0.3 is 31.3 Å². The molecule has 0 radical (unpaired) electrons. The summed E-state index contributed by atoms with van der Waals surface area (Å²) in [4.78, 5) is 26.2. The van der Waals surface area contributed by atoms with Crippen molar-refractivity contribution < 1.29 is 24.9 Å². The average molecular weight is 462 g/mol. The van der Waals surface area contributed by atoms with Crippen molar-refractivity contribution in [2.24, 2.45) is 11.7 Å². The molecule has 2 amide bonds. The van der Waals surface area contributed by atoms with Gasteiger partial charge in [0.05, 0.1) is 12.2 Å². The third kappa shape index (κ3) is 5.67. The maximum atomic E-state index is 12.8. The van der Waals surface area contributed by atoms with Crippen molar-refractivity contribution in [3.05, 3.63) is 29.3 Å². The number of hydrogen-bond donors (Lipinski definition) is 5. The molecule has 2 heterocycles. The van der Waals surface area contributed by atoms with Gasteiger partial charge in [-0.1, -0.05) is 38.8 Å². The summed E-state index contributed by atoms with van der Waals surface area (Å²) in [7, 11) is 0. The third-order valence-corrected chi connectivity index (χ3v) is 7.72. The number of primary amides is 1. The predicted octanol–water partition coefficient (Wildman–Crippen LogP) is 1.87. The van der Waals surface area contributed by atoms with Crippen LogP contribution in [0.25, 0.3) is 0 Å². The summed E-state index contributed by atoms with van der Waals surface area (Å²) in [5.41, 5.74) is 6.15. The number of nitrogens with one attached hydrogen (secondary N) is 1. The molecule has 2 aliphatic rings. The second kappa shape index (κ2) is 10.8. The number of benzene rings is 1. The molecule has 33 heavy (non-hydrogen) atoms. The van der Waals surface area contributed by atoms with Crippen LogP contribution in [-0.2, 0) is 4.79 Å². The quantitative estimate of drug-likeness (QED) is 0.341. The van der Waals surface area contributed by atoms with Crippen molar-refractivity contribution >= 4 is 11.8 Å². The van der Waals surface area contributed by atoms with Crippen LogP contribution < -0.4 is 11.1 Å². The zero-order chi connectivity index (χ0) is 24.2. The second-order valence-electron chi connectivity index (χ2n) is 9.82. The minimum Gasteiger partial charge on any atom is -0.507 e. The fourth-order valence-corrected chi connectivity index (χ4v) is 5.68. The fraction of sp³-hybridized carbons (Fsp3) is 0.680. The first kappa shape index (κ1) is 25.5. The van der Waals surface area contributed by atoms with Crippen LogP contribution in [-0.4, -0.2) is 69.4 Å². The monoisotopic (exact) mass is 461 g/mol. The third-order valence-electron chi connectivity index (χ3n) is 7.72. The summed E-state index contributed by atoms with van der Waals surface area (Å²) in [6.07, 6.45) is 4.87. The number of fused-ring (bicyclic) bond motifs is 2. The smallest absolute Gasteiger partial charge is 0.253 e. The molecule has 4 atom stereocenters. The normalized spacial score (nSPS) is 25.2. The number of piperidine rings is 1. The Morgan fingerprint density at radius 3 is 2.67 bits per heavy atom. The molecule has 0 spiro atoms. The molecule has 2 aliphatic heterocycles. The van der Waals surface area contributed by atoms with Crippen LogP contribution in [0.2, 0.25) is 0 Å².